The maximum Gasteiger partial charge on any atom is 0.000157 e. The van der Waals surface area contributed by atoms with Gasteiger partial charge in [-0.25, -0.2) is 0 Å². The molecule has 1 unspecified atom stereocenters. The minimum Gasteiger partial charge on any atom is -0.330 e. The van der Waals surface area contributed by atoms with Crippen LogP contribution in [-0.2, 0) is 6.42 Å². The molecule has 0 spiro atoms. The second-order valence-electron chi connectivity index (χ2n) is 5.44. The first-order valence-electron chi connectivity index (χ1n) is 7.04. The van der Waals surface area contributed by atoms with Crippen LogP contribution in [0.3, 0.4) is 0 Å². The van der Waals surface area contributed by atoms with Gasteiger partial charge in [-0.15, -0.1) is 0 Å². The molecule has 0 amide bonds. The Morgan fingerprint density at radius 2 is 1.47 bits per heavy atom. The first-order valence-corrected chi connectivity index (χ1v) is 7.04. The SMILES string of the molecule is CC(C)c1ccc(CC(CN)c2ccccc2)cc1. The average molecular weight is 253 g/mol. The van der Waals surface area contributed by atoms with E-state index in [4.69, 9.17) is 5.73 Å². The highest BCUT2D eigenvalue weighted by Crippen LogP contribution is 2.21. The fourth-order valence-corrected chi connectivity index (χ4v) is 2.39. The molecule has 0 aromatic heterocycles. The molecule has 2 aromatic carbocycles. The Balaban J connectivity index is 2.10. The van der Waals surface area contributed by atoms with Crippen LogP contribution in [0.5, 0.6) is 0 Å². The van der Waals surface area contributed by atoms with E-state index < -0.39 is 0 Å². The van der Waals surface area contributed by atoms with E-state index in [-0.39, 0.29) is 0 Å². The van der Waals surface area contributed by atoms with Gasteiger partial charge in [-0.3, -0.25) is 0 Å². The van der Waals surface area contributed by atoms with Gasteiger partial charge in [-0.1, -0.05) is 68.4 Å². The summed E-state index contributed by atoms with van der Waals surface area (Å²) in [6.45, 7) is 5.14. The summed E-state index contributed by atoms with van der Waals surface area (Å²) in [5, 5.41) is 0. The van der Waals surface area contributed by atoms with Gasteiger partial charge in [-0.2, -0.15) is 0 Å². The van der Waals surface area contributed by atoms with E-state index in [1.807, 2.05) is 0 Å². The van der Waals surface area contributed by atoms with Crippen molar-refractivity contribution in [2.75, 3.05) is 6.54 Å². The molecule has 2 N–H and O–H groups in total. The molecule has 1 heteroatoms. The predicted molar refractivity (Wildman–Crippen MR) is 82.5 cm³/mol. The molecule has 0 bridgehead atoms. The third-order valence-corrected chi connectivity index (χ3v) is 3.68. The van der Waals surface area contributed by atoms with Crippen molar-refractivity contribution in [1.82, 2.24) is 0 Å². The summed E-state index contributed by atoms with van der Waals surface area (Å²) >= 11 is 0. The van der Waals surface area contributed by atoms with Crippen molar-refractivity contribution >= 4 is 0 Å². The van der Waals surface area contributed by atoms with Crippen LogP contribution in [0.2, 0.25) is 0 Å². The van der Waals surface area contributed by atoms with Crippen LogP contribution >= 0.6 is 0 Å². The zero-order valence-electron chi connectivity index (χ0n) is 11.8. The summed E-state index contributed by atoms with van der Waals surface area (Å²) in [4.78, 5) is 0. The largest absolute Gasteiger partial charge is 0.330 e. The van der Waals surface area contributed by atoms with Gasteiger partial charge in [0, 0.05) is 5.92 Å². The smallest absolute Gasteiger partial charge is 0.000157 e. The number of nitrogens with two attached hydrogens (primary N) is 1. The average Bonchev–Trinajstić information content (AvgIpc) is 2.46. The molecule has 0 fully saturated rings. The third kappa shape index (κ3) is 3.68. The maximum absolute atomic E-state index is 5.93. The van der Waals surface area contributed by atoms with Gasteiger partial charge in [0.15, 0.2) is 0 Å². The van der Waals surface area contributed by atoms with Crippen molar-refractivity contribution in [2.24, 2.45) is 5.73 Å². The zero-order valence-corrected chi connectivity index (χ0v) is 11.8. The van der Waals surface area contributed by atoms with E-state index in [1.165, 1.54) is 16.7 Å². The molecule has 0 aliphatic carbocycles. The van der Waals surface area contributed by atoms with Gasteiger partial charge in [0.2, 0.25) is 0 Å². The van der Waals surface area contributed by atoms with Crippen LogP contribution in [0.15, 0.2) is 54.6 Å². The zero-order chi connectivity index (χ0) is 13.7. The minimum atomic E-state index is 0.408. The molecule has 1 atom stereocenters. The molecule has 0 saturated carbocycles. The Hall–Kier alpha value is -1.60. The highest BCUT2D eigenvalue weighted by molar-refractivity contribution is 5.28. The Labute approximate surface area is 116 Å². The van der Waals surface area contributed by atoms with Gasteiger partial charge < -0.3 is 5.73 Å². The van der Waals surface area contributed by atoms with Crippen LogP contribution in [0.1, 0.15) is 42.4 Å². The van der Waals surface area contributed by atoms with Crippen molar-refractivity contribution in [3.63, 3.8) is 0 Å². The molecular weight excluding hydrogens is 230 g/mol. The Morgan fingerprint density at radius 3 is 2.00 bits per heavy atom. The van der Waals surface area contributed by atoms with Gasteiger partial charge in [-0.05, 0) is 35.6 Å². The topological polar surface area (TPSA) is 26.0 Å². The van der Waals surface area contributed by atoms with Crippen LogP contribution in [-0.4, -0.2) is 6.54 Å². The van der Waals surface area contributed by atoms with Gasteiger partial charge in [0.1, 0.15) is 0 Å². The van der Waals surface area contributed by atoms with Gasteiger partial charge in [0.05, 0.1) is 0 Å². The van der Waals surface area contributed by atoms with Crippen LogP contribution in [0, 0.1) is 0 Å². The van der Waals surface area contributed by atoms with E-state index in [0.29, 0.717) is 18.4 Å². The van der Waals surface area contributed by atoms with E-state index >= 15 is 0 Å². The highest BCUT2D eigenvalue weighted by atomic mass is 14.5. The van der Waals surface area contributed by atoms with Crippen molar-refractivity contribution in [2.45, 2.75) is 32.1 Å². The molecule has 2 rings (SSSR count). The quantitative estimate of drug-likeness (QED) is 0.853. The molecule has 0 saturated heterocycles. The van der Waals surface area contributed by atoms with Crippen LogP contribution < -0.4 is 5.73 Å². The highest BCUT2D eigenvalue weighted by Gasteiger charge is 2.10. The summed E-state index contributed by atoms with van der Waals surface area (Å²) in [5.41, 5.74) is 10.0. The van der Waals surface area contributed by atoms with Crippen LogP contribution in [0.25, 0.3) is 0 Å². The minimum absolute atomic E-state index is 0.408. The summed E-state index contributed by atoms with van der Waals surface area (Å²) < 4.78 is 0. The normalized spacial score (nSPS) is 12.6. The molecule has 100 valence electrons. The van der Waals surface area contributed by atoms with Gasteiger partial charge in [0.25, 0.3) is 0 Å². The second-order valence-corrected chi connectivity index (χ2v) is 5.44. The fraction of sp³-hybridized carbons (Fsp3) is 0.333. The molecule has 2 aromatic rings. The Morgan fingerprint density at radius 1 is 0.842 bits per heavy atom. The summed E-state index contributed by atoms with van der Waals surface area (Å²) in [7, 11) is 0. The lowest BCUT2D eigenvalue weighted by Crippen LogP contribution is -2.15. The molecular formula is C18H23N. The second kappa shape index (κ2) is 6.53. The standard InChI is InChI=1S/C18H23N/c1-14(2)16-10-8-15(9-11-16)12-18(13-19)17-6-4-3-5-7-17/h3-11,14,18H,12-13,19H2,1-2H3. The maximum atomic E-state index is 5.93. The van der Waals surface area contributed by atoms with E-state index in [9.17, 15) is 0 Å². The Kier molecular flexibility index (Phi) is 4.75. The third-order valence-electron chi connectivity index (χ3n) is 3.68. The molecule has 0 heterocycles. The van der Waals surface area contributed by atoms with Crippen molar-refractivity contribution in [3.8, 4) is 0 Å². The van der Waals surface area contributed by atoms with E-state index in [2.05, 4.69) is 68.4 Å². The van der Waals surface area contributed by atoms with E-state index in [1.54, 1.807) is 0 Å². The monoisotopic (exact) mass is 253 g/mol. The van der Waals surface area contributed by atoms with Crippen molar-refractivity contribution < 1.29 is 0 Å². The lowest BCUT2D eigenvalue weighted by atomic mass is 9.91. The summed E-state index contributed by atoms with van der Waals surface area (Å²) in [6.07, 6.45) is 1.01. The molecule has 0 aliphatic rings. The lowest BCUT2D eigenvalue weighted by molar-refractivity contribution is 0.694. The van der Waals surface area contributed by atoms with Gasteiger partial charge >= 0.3 is 0 Å². The number of hydrogen-bond donors (Lipinski definition) is 1. The summed E-state index contributed by atoms with van der Waals surface area (Å²) in [6, 6.07) is 19.5. The predicted octanol–water partition coefficient (Wildman–Crippen LogP) is 4.10. The first kappa shape index (κ1) is 13.8. The molecule has 1 nitrogen and oxygen atoms in total. The molecule has 0 radical (unpaired) electrons. The molecule has 19 heavy (non-hydrogen) atoms. The van der Waals surface area contributed by atoms with E-state index in [0.717, 1.165) is 6.42 Å². The summed E-state index contributed by atoms with van der Waals surface area (Å²) in [5.74, 6) is 1.000. The van der Waals surface area contributed by atoms with Crippen molar-refractivity contribution in [3.05, 3.63) is 71.3 Å². The fourth-order valence-electron chi connectivity index (χ4n) is 2.39. The first-order chi connectivity index (χ1) is 9.20. The lowest BCUT2D eigenvalue weighted by Gasteiger charge is -2.16. The number of benzene rings is 2. The van der Waals surface area contributed by atoms with Crippen LogP contribution in [0.4, 0.5) is 0 Å². The van der Waals surface area contributed by atoms with Crippen molar-refractivity contribution in [1.29, 1.82) is 0 Å². The molecule has 0 aliphatic heterocycles. The number of rotatable bonds is 5. The Bertz CT molecular complexity index is 485. The number of hydrogen-bond acceptors (Lipinski definition) is 1.